The predicted octanol–water partition coefficient (Wildman–Crippen LogP) is 0.202. The molecule has 1 heterocycles. The van der Waals surface area contributed by atoms with Crippen LogP contribution in [0, 0.1) is 6.92 Å². The van der Waals surface area contributed by atoms with Gasteiger partial charge in [-0.2, -0.15) is 0 Å². The number of ether oxygens (including phenoxy) is 1. The zero-order valence-electron chi connectivity index (χ0n) is 9.48. The summed E-state index contributed by atoms with van der Waals surface area (Å²) in [6, 6.07) is 1.63. The molecule has 0 aliphatic heterocycles. The third-order valence-electron chi connectivity index (χ3n) is 2.27. The van der Waals surface area contributed by atoms with Gasteiger partial charge in [-0.25, -0.2) is 0 Å². The number of methoxy groups -OCH3 is 1. The Kier molecular flexibility index (Phi) is 3.71. The Hall–Kier alpha value is -1.07. The van der Waals surface area contributed by atoms with Gasteiger partial charge in [0.05, 0.1) is 12.8 Å². The molecule has 0 atom stereocenters. The van der Waals surface area contributed by atoms with Crippen molar-refractivity contribution < 1.29 is 14.8 Å². The molecular formula is C10H16BNO3. The Bertz CT molecular complexity index is 353. The fourth-order valence-corrected chi connectivity index (χ4v) is 1.50. The van der Waals surface area contributed by atoms with Crippen molar-refractivity contribution in [3.63, 3.8) is 0 Å². The molecule has 2 N–H and O–H groups in total. The summed E-state index contributed by atoms with van der Waals surface area (Å²) in [5.41, 5.74) is 1.86. The van der Waals surface area contributed by atoms with Gasteiger partial charge in [0, 0.05) is 11.2 Å². The summed E-state index contributed by atoms with van der Waals surface area (Å²) in [4.78, 5) is 4.32. The average Bonchev–Trinajstić information content (AvgIpc) is 2.16. The molecule has 5 heteroatoms. The predicted molar refractivity (Wildman–Crippen MR) is 59.4 cm³/mol. The Morgan fingerprint density at radius 1 is 1.40 bits per heavy atom. The summed E-state index contributed by atoms with van der Waals surface area (Å²) in [6.07, 6.45) is 0. The lowest BCUT2D eigenvalue weighted by molar-refractivity contribution is 0.406. The lowest BCUT2D eigenvalue weighted by Crippen LogP contribution is -2.34. The molecule has 1 rings (SSSR count). The van der Waals surface area contributed by atoms with E-state index >= 15 is 0 Å². The molecule has 0 aliphatic carbocycles. The van der Waals surface area contributed by atoms with Crippen LogP contribution in [0.4, 0.5) is 0 Å². The van der Waals surface area contributed by atoms with Crippen molar-refractivity contribution in [3.05, 3.63) is 17.5 Å². The van der Waals surface area contributed by atoms with Crippen molar-refractivity contribution in [3.8, 4) is 5.75 Å². The number of aryl methyl sites for hydroxylation is 1. The second-order valence-electron chi connectivity index (χ2n) is 3.78. The highest BCUT2D eigenvalue weighted by molar-refractivity contribution is 6.59. The van der Waals surface area contributed by atoms with Crippen LogP contribution in [0.1, 0.15) is 31.2 Å². The molecule has 0 unspecified atom stereocenters. The summed E-state index contributed by atoms with van der Waals surface area (Å²) < 4.78 is 5.09. The van der Waals surface area contributed by atoms with Crippen molar-refractivity contribution in [1.29, 1.82) is 0 Å². The van der Waals surface area contributed by atoms with E-state index in [4.69, 9.17) is 4.74 Å². The zero-order chi connectivity index (χ0) is 11.6. The molecule has 0 saturated carbocycles. The van der Waals surface area contributed by atoms with E-state index in [1.54, 1.807) is 6.07 Å². The first-order valence-corrected chi connectivity index (χ1v) is 4.89. The molecule has 0 fully saturated rings. The quantitative estimate of drug-likeness (QED) is 0.698. The van der Waals surface area contributed by atoms with Crippen LogP contribution in [0.3, 0.4) is 0 Å². The van der Waals surface area contributed by atoms with Crippen LogP contribution in [-0.4, -0.2) is 29.3 Å². The molecule has 0 bridgehead atoms. The zero-order valence-corrected chi connectivity index (χ0v) is 9.48. The highest BCUT2D eigenvalue weighted by atomic mass is 16.5. The van der Waals surface area contributed by atoms with Gasteiger partial charge in [-0.3, -0.25) is 4.98 Å². The Balaban J connectivity index is 3.32. The summed E-state index contributed by atoms with van der Waals surface area (Å²) in [7, 11) is 0.0245. The van der Waals surface area contributed by atoms with E-state index in [2.05, 4.69) is 4.98 Å². The molecule has 0 aliphatic rings. The lowest BCUT2D eigenvalue weighted by atomic mass is 9.76. The maximum absolute atomic E-state index is 9.22. The van der Waals surface area contributed by atoms with Crippen LogP contribution in [-0.2, 0) is 0 Å². The van der Waals surface area contributed by atoms with Crippen molar-refractivity contribution >= 4 is 12.6 Å². The number of aromatic nitrogens is 1. The standard InChI is InChI=1S/C10H16BNO3/c1-6(2)10-8(11(13)14)5-9(15-4)7(3)12-10/h5-6,13-14H,1-4H3. The highest BCUT2D eigenvalue weighted by Gasteiger charge is 2.21. The van der Waals surface area contributed by atoms with Crippen molar-refractivity contribution in [2.24, 2.45) is 0 Å². The van der Waals surface area contributed by atoms with E-state index < -0.39 is 7.12 Å². The van der Waals surface area contributed by atoms with Crippen LogP contribution in [0.25, 0.3) is 0 Å². The van der Waals surface area contributed by atoms with Gasteiger partial charge < -0.3 is 14.8 Å². The van der Waals surface area contributed by atoms with E-state index in [9.17, 15) is 10.0 Å². The van der Waals surface area contributed by atoms with Crippen LogP contribution in [0.5, 0.6) is 5.75 Å². The van der Waals surface area contributed by atoms with E-state index in [0.29, 0.717) is 16.9 Å². The second-order valence-corrected chi connectivity index (χ2v) is 3.78. The third-order valence-corrected chi connectivity index (χ3v) is 2.27. The van der Waals surface area contributed by atoms with E-state index in [1.165, 1.54) is 7.11 Å². The lowest BCUT2D eigenvalue weighted by Gasteiger charge is -2.14. The maximum atomic E-state index is 9.22. The van der Waals surface area contributed by atoms with Crippen molar-refractivity contribution in [1.82, 2.24) is 4.98 Å². The van der Waals surface area contributed by atoms with Crippen LogP contribution in [0.2, 0.25) is 0 Å². The van der Waals surface area contributed by atoms with Gasteiger partial charge in [-0.05, 0) is 18.9 Å². The van der Waals surface area contributed by atoms with E-state index in [1.807, 2.05) is 20.8 Å². The molecule has 0 amide bonds. The van der Waals surface area contributed by atoms with Crippen molar-refractivity contribution in [2.75, 3.05) is 7.11 Å². The van der Waals surface area contributed by atoms with Crippen LogP contribution < -0.4 is 10.2 Å². The first kappa shape index (κ1) is 12.0. The van der Waals surface area contributed by atoms with Gasteiger partial charge in [-0.15, -0.1) is 0 Å². The topological polar surface area (TPSA) is 62.6 Å². The molecule has 1 aromatic heterocycles. The smallest absolute Gasteiger partial charge is 0.490 e. The van der Waals surface area contributed by atoms with Gasteiger partial charge in [-0.1, -0.05) is 13.8 Å². The fourth-order valence-electron chi connectivity index (χ4n) is 1.50. The SMILES string of the molecule is COc1cc(B(O)O)c(C(C)C)nc1C. The largest absolute Gasteiger partial charge is 0.495 e. The average molecular weight is 209 g/mol. The highest BCUT2D eigenvalue weighted by Crippen LogP contribution is 2.18. The molecule has 0 aromatic carbocycles. The van der Waals surface area contributed by atoms with Gasteiger partial charge in [0.1, 0.15) is 5.75 Å². The molecule has 0 radical (unpaired) electrons. The van der Waals surface area contributed by atoms with Gasteiger partial charge >= 0.3 is 7.12 Å². The summed E-state index contributed by atoms with van der Waals surface area (Å²) in [5, 5.41) is 18.4. The minimum Gasteiger partial charge on any atom is -0.495 e. The summed E-state index contributed by atoms with van der Waals surface area (Å²) >= 11 is 0. The van der Waals surface area contributed by atoms with Crippen LogP contribution in [0.15, 0.2) is 6.07 Å². The normalized spacial score (nSPS) is 10.6. The first-order valence-electron chi connectivity index (χ1n) is 4.89. The Labute approximate surface area is 90.1 Å². The Morgan fingerprint density at radius 3 is 2.40 bits per heavy atom. The molecule has 0 spiro atoms. The fraction of sp³-hybridized carbons (Fsp3) is 0.500. The molecule has 82 valence electrons. The molecule has 1 aromatic rings. The number of rotatable bonds is 3. The maximum Gasteiger partial charge on any atom is 0.490 e. The molecular weight excluding hydrogens is 193 g/mol. The summed E-state index contributed by atoms with van der Waals surface area (Å²) in [6.45, 7) is 5.75. The van der Waals surface area contributed by atoms with Gasteiger partial charge in [0.2, 0.25) is 0 Å². The minimum absolute atomic E-state index is 0.145. The number of pyridine rings is 1. The van der Waals surface area contributed by atoms with Gasteiger partial charge in [0.25, 0.3) is 0 Å². The first-order chi connectivity index (χ1) is 6.97. The number of hydrogen-bond donors (Lipinski definition) is 2. The monoisotopic (exact) mass is 209 g/mol. The Morgan fingerprint density at radius 2 is 2.00 bits per heavy atom. The molecule has 0 saturated heterocycles. The third kappa shape index (κ3) is 2.49. The van der Waals surface area contributed by atoms with Crippen molar-refractivity contribution in [2.45, 2.75) is 26.7 Å². The number of nitrogens with zero attached hydrogens (tertiary/aromatic N) is 1. The van der Waals surface area contributed by atoms with Gasteiger partial charge in [0.15, 0.2) is 0 Å². The van der Waals surface area contributed by atoms with E-state index in [-0.39, 0.29) is 5.92 Å². The molecule has 4 nitrogen and oxygen atoms in total. The van der Waals surface area contributed by atoms with Crippen LogP contribution >= 0.6 is 0 Å². The number of hydrogen-bond acceptors (Lipinski definition) is 4. The minimum atomic E-state index is -1.51. The van der Waals surface area contributed by atoms with E-state index in [0.717, 1.165) is 5.69 Å². The second kappa shape index (κ2) is 4.64. The molecule has 15 heavy (non-hydrogen) atoms. The summed E-state index contributed by atoms with van der Waals surface area (Å²) in [5.74, 6) is 0.717.